The largest absolute Gasteiger partial charge is 0.496 e. The number of rotatable bonds is 4. The number of fused-ring (bicyclic) bond motifs is 1. The van der Waals surface area contributed by atoms with Crippen LogP contribution < -0.4 is 15.4 Å². The third-order valence-corrected chi connectivity index (χ3v) is 4.76. The van der Waals surface area contributed by atoms with Crippen molar-refractivity contribution in [3.8, 4) is 5.75 Å². The predicted molar refractivity (Wildman–Crippen MR) is 86.3 cm³/mol. The van der Waals surface area contributed by atoms with Gasteiger partial charge in [0.25, 0.3) is 0 Å². The second kappa shape index (κ2) is 6.36. The first-order valence-electron chi connectivity index (χ1n) is 7.29. The minimum atomic E-state index is -0.147. The van der Waals surface area contributed by atoms with Crippen LogP contribution in [0.4, 0.5) is 4.79 Å². The minimum absolute atomic E-state index is 0.0493. The van der Waals surface area contributed by atoms with Crippen LogP contribution in [0.15, 0.2) is 24.4 Å². The number of urea groups is 1. The first kappa shape index (κ1) is 14.8. The molecular formula is C16H19N3O2S. The van der Waals surface area contributed by atoms with Crippen LogP contribution in [-0.4, -0.2) is 18.1 Å². The molecule has 1 aromatic heterocycles. The van der Waals surface area contributed by atoms with Crippen LogP contribution in [0.25, 0.3) is 0 Å². The third kappa shape index (κ3) is 3.06. The van der Waals surface area contributed by atoms with E-state index >= 15 is 0 Å². The highest BCUT2D eigenvalue weighted by molar-refractivity contribution is 7.11. The Morgan fingerprint density at radius 1 is 1.50 bits per heavy atom. The summed E-state index contributed by atoms with van der Waals surface area (Å²) in [7, 11) is 1.68. The van der Waals surface area contributed by atoms with Gasteiger partial charge in [-0.05, 0) is 37.0 Å². The number of amides is 2. The summed E-state index contributed by atoms with van der Waals surface area (Å²) in [6.07, 6.45) is 3.64. The molecule has 0 unspecified atom stereocenters. The Morgan fingerprint density at radius 3 is 3.09 bits per heavy atom. The molecule has 1 aliphatic rings. The Hall–Kier alpha value is -2.08. The van der Waals surface area contributed by atoms with Crippen LogP contribution in [-0.2, 0) is 13.0 Å². The molecule has 1 atom stereocenters. The molecule has 116 valence electrons. The van der Waals surface area contributed by atoms with Crippen molar-refractivity contribution in [3.63, 3.8) is 0 Å². The van der Waals surface area contributed by atoms with Crippen molar-refractivity contribution in [3.05, 3.63) is 45.4 Å². The minimum Gasteiger partial charge on any atom is -0.496 e. The number of aryl methyl sites for hydroxylation is 1. The van der Waals surface area contributed by atoms with Crippen molar-refractivity contribution in [2.75, 3.05) is 7.11 Å². The number of thiazole rings is 1. The summed E-state index contributed by atoms with van der Waals surface area (Å²) in [6, 6.07) is 5.89. The van der Waals surface area contributed by atoms with E-state index in [-0.39, 0.29) is 12.1 Å². The zero-order valence-electron chi connectivity index (χ0n) is 12.7. The van der Waals surface area contributed by atoms with Crippen LogP contribution in [0, 0.1) is 6.92 Å². The van der Waals surface area contributed by atoms with Gasteiger partial charge in [-0.25, -0.2) is 9.78 Å². The van der Waals surface area contributed by atoms with Crippen molar-refractivity contribution >= 4 is 17.4 Å². The Morgan fingerprint density at radius 2 is 2.36 bits per heavy atom. The average Bonchev–Trinajstić information content (AvgIpc) is 3.12. The number of hydrogen-bond donors (Lipinski definition) is 2. The molecule has 6 heteroatoms. The maximum absolute atomic E-state index is 12.1. The third-order valence-electron chi connectivity index (χ3n) is 3.85. The van der Waals surface area contributed by atoms with Gasteiger partial charge in [0.2, 0.25) is 0 Å². The van der Waals surface area contributed by atoms with Gasteiger partial charge < -0.3 is 15.4 Å². The SMILES string of the molecule is COc1cccc2c1CC[C@@H]2NC(=O)NCc1cnc(C)s1. The number of methoxy groups -OCH3 is 1. The molecule has 0 saturated heterocycles. The van der Waals surface area contributed by atoms with Gasteiger partial charge in [-0.2, -0.15) is 0 Å². The summed E-state index contributed by atoms with van der Waals surface area (Å²) in [6.45, 7) is 2.46. The second-order valence-electron chi connectivity index (χ2n) is 5.29. The van der Waals surface area contributed by atoms with E-state index < -0.39 is 0 Å². The molecule has 0 bridgehead atoms. The van der Waals surface area contributed by atoms with E-state index in [9.17, 15) is 4.79 Å². The van der Waals surface area contributed by atoms with Gasteiger partial charge in [0.05, 0.1) is 24.7 Å². The number of aromatic nitrogens is 1. The molecule has 0 saturated carbocycles. The van der Waals surface area contributed by atoms with E-state index in [1.54, 1.807) is 24.6 Å². The smallest absolute Gasteiger partial charge is 0.315 e. The highest BCUT2D eigenvalue weighted by Gasteiger charge is 2.26. The lowest BCUT2D eigenvalue weighted by Crippen LogP contribution is -2.36. The van der Waals surface area contributed by atoms with Crippen LogP contribution in [0.3, 0.4) is 0 Å². The normalized spacial score (nSPS) is 16.2. The zero-order valence-corrected chi connectivity index (χ0v) is 13.5. The van der Waals surface area contributed by atoms with E-state index in [2.05, 4.69) is 21.7 Å². The Labute approximate surface area is 133 Å². The zero-order chi connectivity index (χ0) is 15.5. The summed E-state index contributed by atoms with van der Waals surface area (Å²) in [5.41, 5.74) is 2.36. The van der Waals surface area contributed by atoms with Gasteiger partial charge in [-0.1, -0.05) is 12.1 Å². The number of benzene rings is 1. The lowest BCUT2D eigenvalue weighted by atomic mass is 10.1. The molecule has 22 heavy (non-hydrogen) atoms. The van der Waals surface area contributed by atoms with Crippen molar-refractivity contribution in [2.24, 2.45) is 0 Å². The quantitative estimate of drug-likeness (QED) is 0.911. The highest BCUT2D eigenvalue weighted by Crippen LogP contribution is 2.36. The summed E-state index contributed by atoms with van der Waals surface area (Å²) in [5.74, 6) is 0.905. The molecule has 2 N–H and O–H groups in total. The fraction of sp³-hybridized carbons (Fsp3) is 0.375. The number of nitrogens with zero attached hydrogens (tertiary/aromatic N) is 1. The lowest BCUT2D eigenvalue weighted by molar-refractivity contribution is 0.236. The summed E-state index contributed by atoms with van der Waals surface area (Å²) >= 11 is 1.60. The molecule has 3 rings (SSSR count). The average molecular weight is 317 g/mol. The van der Waals surface area contributed by atoms with Gasteiger partial charge in [-0.15, -0.1) is 11.3 Å². The van der Waals surface area contributed by atoms with Crippen molar-refractivity contribution in [2.45, 2.75) is 32.4 Å². The van der Waals surface area contributed by atoms with E-state index in [4.69, 9.17) is 4.74 Å². The molecule has 1 heterocycles. The van der Waals surface area contributed by atoms with E-state index in [1.807, 2.05) is 19.1 Å². The van der Waals surface area contributed by atoms with Crippen LogP contribution in [0.2, 0.25) is 0 Å². The molecule has 2 aromatic rings. The molecular weight excluding hydrogens is 298 g/mol. The van der Waals surface area contributed by atoms with E-state index in [0.717, 1.165) is 34.0 Å². The van der Waals surface area contributed by atoms with Crippen molar-refractivity contribution in [1.82, 2.24) is 15.6 Å². The van der Waals surface area contributed by atoms with Gasteiger partial charge in [0.1, 0.15) is 5.75 Å². The molecule has 0 aliphatic heterocycles. The van der Waals surface area contributed by atoms with Gasteiger partial charge in [0, 0.05) is 11.1 Å². The Kier molecular flexibility index (Phi) is 4.29. The molecule has 1 aromatic carbocycles. The Bertz CT molecular complexity index is 684. The fourth-order valence-electron chi connectivity index (χ4n) is 2.83. The number of ether oxygens (including phenoxy) is 1. The number of nitrogens with one attached hydrogen (secondary N) is 2. The van der Waals surface area contributed by atoms with E-state index in [0.29, 0.717) is 6.54 Å². The van der Waals surface area contributed by atoms with Gasteiger partial charge >= 0.3 is 6.03 Å². The topological polar surface area (TPSA) is 63.2 Å². The van der Waals surface area contributed by atoms with Crippen LogP contribution >= 0.6 is 11.3 Å². The number of carbonyl (C=O) groups excluding carboxylic acids is 1. The standard InChI is InChI=1S/C16H19N3O2S/c1-10-17-8-11(22-10)9-18-16(20)19-14-7-6-13-12(14)4-3-5-15(13)21-2/h3-5,8,14H,6-7,9H2,1-2H3,(H2,18,19,20)/t14-/m0/s1. The molecule has 0 fully saturated rings. The first-order valence-corrected chi connectivity index (χ1v) is 8.10. The molecule has 0 radical (unpaired) electrons. The molecule has 0 spiro atoms. The number of hydrogen-bond acceptors (Lipinski definition) is 4. The second-order valence-corrected chi connectivity index (χ2v) is 6.61. The predicted octanol–water partition coefficient (Wildman–Crippen LogP) is 2.95. The lowest BCUT2D eigenvalue weighted by Gasteiger charge is -2.15. The summed E-state index contributed by atoms with van der Waals surface area (Å²) in [4.78, 5) is 17.3. The fourth-order valence-corrected chi connectivity index (χ4v) is 3.56. The maximum Gasteiger partial charge on any atom is 0.315 e. The monoisotopic (exact) mass is 317 g/mol. The van der Waals surface area contributed by atoms with E-state index in [1.165, 1.54) is 5.56 Å². The summed E-state index contributed by atoms with van der Waals surface area (Å²) < 4.78 is 5.38. The van der Waals surface area contributed by atoms with Crippen LogP contribution in [0.5, 0.6) is 5.75 Å². The van der Waals surface area contributed by atoms with Crippen molar-refractivity contribution in [1.29, 1.82) is 0 Å². The highest BCUT2D eigenvalue weighted by atomic mass is 32.1. The number of carbonyl (C=O) groups is 1. The van der Waals surface area contributed by atoms with Gasteiger partial charge in [-0.3, -0.25) is 0 Å². The summed E-state index contributed by atoms with van der Waals surface area (Å²) in [5, 5.41) is 6.94. The van der Waals surface area contributed by atoms with Crippen LogP contribution in [0.1, 0.15) is 33.5 Å². The van der Waals surface area contributed by atoms with Gasteiger partial charge in [0.15, 0.2) is 0 Å². The molecule has 2 amide bonds. The molecule has 5 nitrogen and oxygen atoms in total. The first-order chi connectivity index (χ1) is 10.7. The molecule has 1 aliphatic carbocycles. The Balaban J connectivity index is 1.60. The van der Waals surface area contributed by atoms with Crippen molar-refractivity contribution < 1.29 is 9.53 Å². The maximum atomic E-state index is 12.1.